The van der Waals surface area contributed by atoms with Gasteiger partial charge in [0, 0.05) is 0 Å². The summed E-state index contributed by atoms with van der Waals surface area (Å²) in [5.74, 6) is -0.746. The molecule has 0 fully saturated rings. The second-order valence-electron chi connectivity index (χ2n) is 5.48. The van der Waals surface area contributed by atoms with Crippen LogP contribution >= 0.6 is 11.3 Å². The van der Waals surface area contributed by atoms with Crippen LogP contribution in [0.5, 0.6) is 5.75 Å². The first-order valence-corrected chi connectivity index (χ1v) is 8.82. The Morgan fingerprint density at radius 2 is 1.73 bits per heavy atom. The van der Waals surface area contributed by atoms with E-state index in [-0.39, 0.29) is 10.7 Å². The molecule has 1 aromatic heterocycles. The number of carboxylic acids is 1. The molecule has 0 amide bonds. The van der Waals surface area contributed by atoms with Crippen molar-refractivity contribution in [1.82, 2.24) is 0 Å². The lowest BCUT2D eigenvalue weighted by Crippen LogP contribution is -2.02. The van der Waals surface area contributed by atoms with Crippen LogP contribution in [0, 0.1) is 0 Å². The Hall–Kier alpha value is -3.18. The van der Waals surface area contributed by atoms with Crippen LogP contribution in [0.15, 0.2) is 72.1 Å². The zero-order valence-electron chi connectivity index (χ0n) is 13.8. The lowest BCUT2D eigenvalue weighted by Gasteiger charge is -2.09. The van der Waals surface area contributed by atoms with Crippen molar-refractivity contribution in [2.45, 2.75) is 6.61 Å². The molecule has 0 saturated heterocycles. The Bertz CT molecular complexity index is 941. The molecular weight excluding hydrogens is 348 g/mol. The predicted molar refractivity (Wildman–Crippen MR) is 102 cm³/mol. The summed E-state index contributed by atoms with van der Waals surface area (Å²) in [5.41, 5.74) is 1.96. The molecule has 0 aliphatic rings. The number of para-hydroxylation sites is 1. The van der Waals surface area contributed by atoms with Gasteiger partial charge in [-0.15, -0.1) is 11.3 Å². The average molecular weight is 364 g/mol. The molecule has 0 unspecified atom stereocenters. The molecule has 2 aromatic carbocycles. The van der Waals surface area contributed by atoms with Crippen LogP contribution in [-0.2, 0) is 6.61 Å². The van der Waals surface area contributed by atoms with E-state index < -0.39 is 5.97 Å². The van der Waals surface area contributed by atoms with Gasteiger partial charge in [-0.05, 0) is 46.9 Å². The van der Waals surface area contributed by atoms with Gasteiger partial charge in [0.1, 0.15) is 17.2 Å². The van der Waals surface area contributed by atoms with Gasteiger partial charge in [0.05, 0.1) is 5.56 Å². The highest BCUT2D eigenvalue weighted by Gasteiger charge is 2.12. The molecule has 4 nitrogen and oxygen atoms in total. The predicted octanol–water partition coefficient (Wildman–Crippen LogP) is 4.92. The fourth-order valence-corrected chi connectivity index (χ4v) is 3.13. The number of thiophene rings is 1. The molecule has 1 heterocycles. The van der Waals surface area contributed by atoms with E-state index in [9.17, 15) is 9.59 Å². The van der Waals surface area contributed by atoms with Gasteiger partial charge in [-0.25, -0.2) is 4.79 Å². The van der Waals surface area contributed by atoms with Crippen molar-refractivity contribution in [3.8, 4) is 5.75 Å². The first-order valence-electron chi connectivity index (χ1n) is 7.94. The number of rotatable bonds is 7. The van der Waals surface area contributed by atoms with Gasteiger partial charge in [0.2, 0.25) is 0 Å². The Labute approximate surface area is 155 Å². The Morgan fingerprint density at radius 1 is 1.00 bits per heavy atom. The third kappa shape index (κ3) is 4.26. The largest absolute Gasteiger partial charge is 0.488 e. The number of ketones is 1. The van der Waals surface area contributed by atoms with Gasteiger partial charge in [0.15, 0.2) is 5.78 Å². The van der Waals surface area contributed by atoms with E-state index in [0.717, 1.165) is 16.9 Å². The summed E-state index contributed by atoms with van der Waals surface area (Å²) in [7, 11) is 0. The minimum atomic E-state index is -1.00. The van der Waals surface area contributed by atoms with Crippen LogP contribution in [-0.4, -0.2) is 16.9 Å². The van der Waals surface area contributed by atoms with E-state index in [1.165, 1.54) is 12.2 Å². The first kappa shape index (κ1) is 17.6. The van der Waals surface area contributed by atoms with Crippen LogP contribution in [0.25, 0.3) is 6.08 Å². The maximum atomic E-state index is 12.5. The molecule has 0 aliphatic carbocycles. The zero-order chi connectivity index (χ0) is 18.4. The van der Waals surface area contributed by atoms with Gasteiger partial charge in [-0.1, -0.05) is 42.5 Å². The Kier molecular flexibility index (Phi) is 5.61. The van der Waals surface area contributed by atoms with Crippen LogP contribution < -0.4 is 4.74 Å². The highest BCUT2D eigenvalue weighted by molar-refractivity contribution is 7.12. The monoisotopic (exact) mass is 364 g/mol. The molecule has 0 radical (unpaired) electrons. The van der Waals surface area contributed by atoms with E-state index in [1.54, 1.807) is 29.6 Å². The number of allylic oxidation sites excluding steroid dienone is 1. The summed E-state index contributed by atoms with van der Waals surface area (Å²) < 4.78 is 5.80. The highest BCUT2D eigenvalue weighted by atomic mass is 32.1. The van der Waals surface area contributed by atoms with Crippen molar-refractivity contribution in [3.63, 3.8) is 0 Å². The van der Waals surface area contributed by atoms with Gasteiger partial charge in [-0.2, -0.15) is 0 Å². The summed E-state index contributed by atoms with van der Waals surface area (Å²) in [6, 6.07) is 18.4. The number of carbonyl (C=O) groups is 2. The highest BCUT2D eigenvalue weighted by Crippen LogP contribution is 2.22. The lowest BCUT2D eigenvalue weighted by molar-refractivity contribution is 0.0701. The number of aromatic carboxylic acids is 1. The van der Waals surface area contributed by atoms with Gasteiger partial charge in [0.25, 0.3) is 0 Å². The van der Waals surface area contributed by atoms with E-state index in [4.69, 9.17) is 9.84 Å². The lowest BCUT2D eigenvalue weighted by atomic mass is 10.1. The summed E-state index contributed by atoms with van der Waals surface area (Å²) >= 11 is 1.13. The van der Waals surface area contributed by atoms with Crippen molar-refractivity contribution >= 4 is 29.2 Å². The molecule has 3 rings (SSSR count). The number of hydrogen-bond acceptors (Lipinski definition) is 4. The summed E-state index contributed by atoms with van der Waals surface area (Å²) in [6.07, 6.45) is 2.90. The molecule has 3 aromatic rings. The number of ether oxygens (including phenoxy) is 1. The second-order valence-corrected chi connectivity index (χ2v) is 6.39. The third-order valence-corrected chi connectivity index (χ3v) is 4.61. The van der Waals surface area contributed by atoms with Crippen LogP contribution in [0.2, 0.25) is 0 Å². The van der Waals surface area contributed by atoms with Crippen molar-refractivity contribution in [1.29, 1.82) is 0 Å². The minimum Gasteiger partial charge on any atom is -0.488 e. The normalized spacial score (nSPS) is 10.8. The molecule has 1 N–H and O–H groups in total. The quantitative estimate of drug-likeness (QED) is 0.477. The Morgan fingerprint density at radius 3 is 2.50 bits per heavy atom. The van der Waals surface area contributed by atoms with Crippen LogP contribution in [0.3, 0.4) is 0 Å². The first-order chi connectivity index (χ1) is 12.6. The van der Waals surface area contributed by atoms with E-state index in [1.807, 2.05) is 36.4 Å². The molecule has 5 heteroatoms. The minimum absolute atomic E-state index is 0.211. The molecule has 0 atom stereocenters. The number of carboxylic acid groups (broad SMARTS) is 1. The van der Waals surface area contributed by atoms with Crippen molar-refractivity contribution in [2.24, 2.45) is 0 Å². The van der Waals surface area contributed by atoms with Crippen molar-refractivity contribution in [2.75, 3.05) is 0 Å². The molecule has 0 saturated carbocycles. The van der Waals surface area contributed by atoms with E-state index in [0.29, 0.717) is 23.5 Å². The number of benzene rings is 2. The standard InChI is InChI=1S/C21H16O4S/c22-18(11-10-16-12-13-26-20(16)21(23)24)17-8-4-5-9-19(17)25-14-15-6-2-1-3-7-15/h1-13H,14H2,(H,23,24). The average Bonchev–Trinajstić information content (AvgIpc) is 3.14. The molecular formula is C21H16O4S. The topological polar surface area (TPSA) is 63.6 Å². The SMILES string of the molecule is O=C(C=Cc1ccsc1C(=O)O)c1ccccc1OCc1ccccc1. The number of carbonyl (C=O) groups excluding carboxylic acids is 1. The van der Waals surface area contributed by atoms with Crippen LogP contribution in [0.1, 0.15) is 31.2 Å². The van der Waals surface area contributed by atoms with Gasteiger partial charge in [-0.3, -0.25) is 4.79 Å². The molecule has 26 heavy (non-hydrogen) atoms. The maximum Gasteiger partial charge on any atom is 0.346 e. The maximum absolute atomic E-state index is 12.5. The summed E-state index contributed by atoms with van der Waals surface area (Å²) in [5, 5.41) is 10.8. The van der Waals surface area contributed by atoms with Crippen molar-refractivity contribution < 1.29 is 19.4 Å². The van der Waals surface area contributed by atoms with Crippen LogP contribution in [0.4, 0.5) is 0 Å². The van der Waals surface area contributed by atoms with Crippen molar-refractivity contribution in [3.05, 3.63) is 93.7 Å². The second kappa shape index (κ2) is 8.27. The molecule has 0 aliphatic heterocycles. The fraction of sp³-hybridized carbons (Fsp3) is 0.0476. The number of hydrogen-bond donors (Lipinski definition) is 1. The Balaban J connectivity index is 1.76. The fourth-order valence-electron chi connectivity index (χ4n) is 2.41. The zero-order valence-corrected chi connectivity index (χ0v) is 14.6. The molecule has 130 valence electrons. The smallest absolute Gasteiger partial charge is 0.346 e. The van der Waals surface area contributed by atoms with Gasteiger partial charge < -0.3 is 9.84 Å². The third-order valence-electron chi connectivity index (χ3n) is 3.69. The molecule has 0 bridgehead atoms. The summed E-state index contributed by atoms with van der Waals surface area (Å²) in [6.45, 7) is 0.364. The molecule has 0 spiro atoms. The summed E-state index contributed by atoms with van der Waals surface area (Å²) in [4.78, 5) is 23.9. The van der Waals surface area contributed by atoms with Gasteiger partial charge >= 0.3 is 5.97 Å². The van der Waals surface area contributed by atoms with E-state index in [2.05, 4.69) is 0 Å². The van der Waals surface area contributed by atoms with E-state index >= 15 is 0 Å².